The zero-order valence-electron chi connectivity index (χ0n) is 5.70. The summed E-state index contributed by atoms with van der Waals surface area (Å²) >= 11 is 0. The summed E-state index contributed by atoms with van der Waals surface area (Å²) in [5.74, 6) is -0.411. The second-order valence-corrected chi connectivity index (χ2v) is 3.89. The maximum absolute atomic E-state index is 10.7. The number of ether oxygens (including phenoxy) is 1. The molecule has 0 aromatic rings. The van der Waals surface area contributed by atoms with Gasteiger partial charge in [-0.3, -0.25) is 0 Å². The van der Waals surface area contributed by atoms with Gasteiger partial charge < -0.3 is 4.74 Å². The standard InChI is InChI=1S/C5H9NO3S/c1-9-5-10(7,8)4-2-3-6/h2,4-5H2,1H3. The fourth-order valence-electron chi connectivity index (χ4n) is 0.440. The number of hydrogen-bond donors (Lipinski definition) is 0. The lowest BCUT2D eigenvalue weighted by atomic mass is 10.6. The lowest BCUT2D eigenvalue weighted by Crippen LogP contribution is -2.11. The quantitative estimate of drug-likeness (QED) is 0.581. The first-order valence-electron chi connectivity index (χ1n) is 2.68. The van der Waals surface area contributed by atoms with E-state index in [1.165, 1.54) is 7.11 Å². The molecule has 0 aromatic heterocycles. The van der Waals surface area contributed by atoms with Crippen molar-refractivity contribution in [2.45, 2.75) is 6.42 Å². The molecule has 0 aliphatic carbocycles. The van der Waals surface area contributed by atoms with Crippen molar-refractivity contribution in [3.8, 4) is 6.07 Å². The van der Waals surface area contributed by atoms with Gasteiger partial charge in [0.05, 0.1) is 11.8 Å². The van der Waals surface area contributed by atoms with E-state index in [2.05, 4.69) is 4.74 Å². The second kappa shape index (κ2) is 4.25. The fraction of sp³-hybridized carbons (Fsp3) is 0.800. The second-order valence-electron chi connectivity index (χ2n) is 1.76. The molecule has 0 unspecified atom stereocenters. The summed E-state index contributed by atoms with van der Waals surface area (Å²) in [5.41, 5.74) is 0. The van der Waals surface area contributed by atoms with Crippen LogP contribution in [0.5, 0.6) is 0 Å². The van der Waals surface area contributed by atoms with Crippen LogP contribution in [0, 0.1) is 11.3 Å². The third-order valence-corrected chi connectivity index (χ3v) is 2.24. The van der Waals surface area contributed by atoms with E-state index in [9.17, 15) is 8.42 Å². The number of nitriles is 1. The summed E-state index contributed by atoms with van der Waals surface area (Å²) in [6, 6.07) is 1.75. The Balaban J connectivity index is 3.80. The first kappa shape index (κ1) is 9.40. The van der Waals surface area contributed by atoms with Crippen LogP contribution in [0.1, 0.15) is 6.42 Å². The Bertz CT molecular complexity index is 214. The molecule has 0 amide bonds. The third-order valence-electron chi connectivity index (χ3n) is 0.822. The van der Waals surface area contributed by atoms with E-state index in [0.717, 1.165) is 0 Å². The van der Waals surface area contributed by atoms with Gasteiger partial charge in [-0.15, -0.1) is 0 Å². The van der Waals surface area contributed by atoms with Crippen LogP contribution in [0.3, 0.4) is 0 Å². The minimum absolute atomic E-state index is 0.0334. The maximum atomic E-state index is 10.7. The van der Waals surface area contributed by atoms with Crippen LogP contribution in [0.4, 0.5) is 0 Å². The predicted molar refractivity (Wildman–Crippen MR) is 35.9 cm³/mol. The van der Waals surface area contributed by atoms with Crippen LogP contribution in [0.15, 0.2) is 0 Å². The summed E-state index contributed by atoms with van der Waals surface area (Å²) in [6.07, 6.45) is 0.0334. The summed E-state index contributed by atoms with van der Waals surface area (Å²) in [5, 5.41) is 8.04. The van der Waals surface area contributed by atoms with Crippen LogP contribution in [-0.2, 0) is 14.6 Å². The number of rotatable bonds is 4. The molecule has 5 heteroatoms. The fourth-order valence-corrected chi connectivity index (χ4v) is 1.32. The van der Waals surface area contributed by atoms with E-state index >= 15 is 0 Å². The molecule has 0 spiro atoms. The molecule has 0 fully saturated rings. The summed E-state index contributed by atoms with van der Waals surface area (Å²) in [6.45, 7) is 0. The van der Waals surface area contributed by atoms with E-state index < -0.39 is 9.84 Å². The van der Waals surface area contributed by atoms with Crippen molar-refractivity contribution in [1.29, 1.82) is 5.26 Å². The van der Waals surface area contributed by atoms with Gasteiger partial charge in [0.2, 0.25) is 0 Å². The topological polar surface area (TPSA) is 67.2 Å². The Morgan fingerprint density at radius 3 is 2.60 bits per heavy atom. The minimum Gasteiger partial charge on any atom is -0.369 e. The first-order valence-corrected chi connectivity index (χ1v) is 4.51. The SMILES string of the molecule is COCS(=O)(=O)CCC#N. The zero-order valence-corrected chi connectivity index (χ0v) is 6.52. The van der Waals surface area contributed by atoms with Gasteiger partial charge in [0.1, 0.15) is 5.94 Å². The van der Waals surface area contributed by atoms with E-state index in [4.69, 9.17) is 5.26 Å². The van der Waals surface area contributed by atoms with Gasteiger partial charge in [0, 0.05) is 13.5 Å². The van der Waals surface area contributed by atoms with E-state index in [1.54, 1.807) is 6.07 Å². The first-order chi connectivity index (χ1) is 4.62. The highest BCUT2D eigenvalue weighted by Crippen LogP contribution is 1.92. The molecule has 0 saturated carbocycles. The lowest BCUT2D eigenvalue weighted by Gasteiger charge is -1.97. The molecule has 0 radical (unpaired) electrons. The van der Waals surface area contributed by atoms with Gasteiger partial charge >= 0.3 is 0 Å². The Morgan fingerprint density at radius 2 is 2.20 bits per heavy atom. The molecule has 0 aliphatic rings. The molecular formula is C5H9NO3S. The monoisotopic (exact) mass is 163 g/mol. The van der Waals surface area contributed by atoms with Crippen LogP contribution in [0.2, 0.25) is 0 Å². The normalized spacial score (nSPS) is 10.8. The molecule has 0 heterocycles. The van der Waals surface area contributed by atoms with Gasteiger partial charge in [-0.2, -0.15) is 5.26 Å². The maximum Gasteiger partial charge on any atom is 0.175 e. The molecule has 0 bridgehead atoms. The van der Waals surface area contributed by atoms with Crippen LogP contribution >= 0.6 is 0 Å². The summed E-state index contributed by atoms with van der Waals surface area (Å²) < 4.78 is 25.8. The van der Waals surface area contributed by atoms with Crippen molar-refractivity contribution in [3.05, 3.63) is 0 Å². The number of sulfone groups is 1. The smallest absolute Gasteiger partial charge is 0.175 e. The Morgan fingerprint density at radius 1 is 1.60 bits per heavy atom. The Kier molecular flexibility index (Phi) is 4.00. The Hall–Kier alpha value is -0.600. The number of hydrogen-bond acceptors (Lipinski definition) is 4. The number of methoxy groups -OCH3 is 1. The largest absolute Gasteiger partial charge is 0.369 e. The van der Waals surface area contributed by atoms with Crippen LogP contribution in [0.25, 0.3) is 0 Å². The molecule has 0 N–H and O–H groups in total. The van der Waals surface area contributed by atoms with Crippen molar-refractivity contribution in [2.75, 3.05) is 18.8 Å². The molecular weight excluding hydrogens is 154 g/mol. The highest BCUT2D eigenvalue weighted by Gasteiger charge is 2.07. The predicted octanol–water partition coefficient (Wildman–Crippen LogP) is -0.0812. The van der Waals surface area contributed by atoms with E-state index in [-0.39, 0.29) is 18.1 Å². The minimum atomic E-state index is -3.14. The Labute approximate surface area is 60.3 Å². The molecule has 0 saturated heterocycles. The van der Waals surface area contributed by atoms with Gasteiger partial charge in [-0.05, 0) is 0 Å². The average molecular weight is 163 g/mol. The van der Waals surface area contributed by atoms with Gasteiger partial charge in [-0.25, -0.2) is 8.42 Å². The molecule has 0 rings (SSSR count). The van der Waals surface area contributed by atoms with E-state index in [1.807, 2.05) is 0 Å². The highest BCUT2D eigenvalue weighted by atomic mass is 32.2. The van der Waals surface area contributed by atoms with Crippen LogP contribution in [-0.4, -0.2) is 27.2 Å². The highest BCUT2D eigenvalue weighted by molar-refractivity contribution is 7.91. The summed E-state index contributed by atoms with van der Waals surface area (Å²) in [4.78, 5) is 0. The molecule has 0 atom stereocenters. The van der Waals surface area contributed by atoms with Crippen molar-refractivity contribution in [1.82, 2.24) is 0 Å². The van der Waals surface area contributed by atoms with Gasteiger partial charge in [-0.1, -0.05) is 0 Å². The average Bonchev–Trinajstić information content (AvgIpc) is 1.84. The van der Waals surface area contributed by atoms with Crippen molar-refractivity contribution in [3.63, 3.8) is 0 Å². The molecule has 4 nitrogen and oxygen atoms in total. The van der Waals surface area contributed by atoms with Crippen molar-refractivity contribution in [2.24, 2.45) is 0 Å². The third kappa shape index (κ3) is 4.30. The summed E-state index contributed by atoms with van der Waals surface area (Å²) in [7, 11) is -1.83. The van der Waals surface area contributed by atoms with E-state index in [0.29, 0.717) is 0 Å². The van der Waals surface area contributed by atoms with Gasteiger partial charge in [0.25, 0.3) is 0 Å². The van der Waals surface area contributed by atoms with Crippen molar-refractivity contribution < 1.29 is 13.2 Å². The lowest BCUT2D eigenvalue weighted by molar-refractivity contribution is 0.250. The zero-order chi connectivity index (χ0) is 8.04. The molecule has 0 aromatic carbocycles. The molecule has 58 valence electrons. The number of nitrogens with zero attached hydrogens (tertiary/aromatic N) is 1. The molecule has 10 heavy (non-hydrogen) atoms. The van der Waals surface area contributed by atoms with Crippen molar-refractivity contribution >= 4 is 9.84 Å². The van der Waals surface area contributed by atoms with Gasteiger partial charge in [0.15, 0.2) is 9.84 Å². The van der Waals surface area contributed by atoms with Crippen LogP contribution < -0.4 is 0 Å². The molecule has 0 aliphatic heterocycles.